The van der Waals surface area contributed by atoms with Crippen molar-refractivity contribution in [2.24, 2.45) is 4.40 Å². The second-order valence-electron chi connectivity index (χ2n) is 8.54. The summed E-state index contributed by atoms with van der Waals surface area (Å²) in [5, 5.41) is 13.9. The van der Waals surface area contributed by atoms with Gasteiger partial charge in [0, 0.05) is 29.9 Å². The van der Waals surface area contributed by atoms with Crippen LogP contribution in [-0.4, -0.2) is 38.4 Å². The monoisotopic (exact) mass is 560 g/mol. The Kier molecular flexibility index (Phi) is 5.95. The molecule has 1 aliphatic heterocycles. The quantitative estimate of drug-likeness (QED) is 0.340. The minimum absolute atomic E-state index is 0.0141. The second kappa shape index (κ2) is 8.92. The number of amidine groups is 1. The van der Waals surface area contributed by atoms with Crippen LogP contribution in [0.5, 0.6) is 5.75 Å². The van der Waals surface area contributed by atoms with Gasteiger partial charge in [0.15, 0.2) is 5.84 Å². The maximum Gasteiger partial charge on any atom is 0.286 e. The number of aromatic hydroxyl groups is 1. The largest absolute Gasteiger partial charge is 0.507 e. The van der Waals surface area contributed by atoms with E-state index < -0.39 is 54.4 Å². The number of rotatable bonds is 5. The molecule has 38 heavy (non-hydrogen) atoms. The predicted octanol–water partition coefficient (Wildman–Crippen LogP) is 2.81. The number of nitrogens with zero attached hydrogens (tertiary/aromatic N) is 2. The van der Waals surface area contributed by atoms with Gasteiger partial charge in [0.2, 0.25) is 10.0 Å². The Morgan fingerprint density at radius 3 is 2.47 bits per heavy atom. The van der Waals surface area contributed by atoms with Gasteiger partial charge in [-0.2, -0.15) is 8.42 Å². The summed E-state index contributed by atoms with van der Waals surface area (Å²) >= 11 is 0. The fraction of sp³-hybridized carbons (Fsp3) is 0.0833. The maximum absolute atomic E-state index is 13.8. The van der Waals surface area contributed by atoms with Crippen molar-refractivity contribution < 1.29 is 30.7 Å². The fourth-order valence-corrected chi connectivity index (χ4v) is 5.91. The molecule has 5 rings (SSSR count). The molecule has 1 aliphatic rings. The lowest BCUT2D eigenvalue weighted by atomic mass is 10.00. The third-order valence-corrected chi connectivity index (χ3v) is 7.61. The smallest absolute Gasteiger partial charge is 0.286 e. The fourth-order valence-electron chi connectivity index (χ4n) is 4.21. The number of fused-ring (bicyclic) bond motifs is 2. The Labute approximate surface area is 215 Å². The molecule has 0 bridgehead atoms. The third-order valence-electron chi connectivity index (χ3n) is 5.69. The molecule has 3 N–H and O–H groups in total. The van der Waals surface area contributed by atoms with Crippen LogP contribution in [0.15, 0.2) is 74.9 Å². The van der Waals surface area contributed by atoms with E-state index in [-0.39, 0.29) is 39.3 Å². The molecule has 0 aliphatic carbocycles. The van der Waals surface area contributed by atoms with Crippen molar-refractivity contribution in [3.8, 4) is 5.75 Å². The molecule has 10 nitrogen and oxygen atoms in total. The van der Waals surface area contributed by atoms with Gasteiger partial charge in [-0.3, -0.25) is 13.9 Å². The standard InChI is InChI=1S/C24H18F2N4O6S2/c1-37(33,34)28-16-5-6-18-20(12-16)38(35,36)29-23(27-18)21-22(31)17(10-13-8-14(25)11-15(26)9-13)19-4-2-3-7-30(19)24(21)32/h2-9,11-12,28,31H,10H2,1H3,(H,27,29). The van der Waals surface area contributed by atoms with Crippen molar-refractivity contribution >= 4 is 42.8 Å². The number of aromatic nitrogens is 1. The number of sulfonamides is 2. The highest BCUT2D eigenvalue weighted by atomic mass is 32.2. The molecule has 4 aromatic rings. The zero-order valence-corrected chi connectivity index (χ0v) is 21.1. The first-order chi connectivity index (χ1) is 17.8. The molecule has 0 saturated carbocycles. The Balaban J connectivity index is 1.69. The van der Waals surface area contributed by atoms with Crippen LogP contribution in [0.1, 0.15) is 16.7 Å². The van der Waals surface area contributed by atoms with Crippen LogP contribution in [-0.2, 0) is 26.5 Å². The van der Waals surface area contributed by atoms with Gasteiger partial charge in [0.05, 0.1) is 17.5 Å². The van der Waals surface area contributed by atoms with Gasteiger partial charge in [0.25, 0.3) is 15.6 Å². The van der Waals surface area contributed by atoms with Gasteiger partial charge in [-0.1, -0.05) is 6.07 Å². The first-order valence-electron chi connectivity index (χ1n) is 10.9. The lowest BCUT2D eigenvalue weighted by Crippen LogP contribution is -2.31. The van der Waals surface area contributed by atoms with E-state index >= 15 is 0 Å². The predicted molar refractivity (Wildman–Crippen MR) is 137 cm³/mol. The highest BCUT2D eigenvalue weighted by molar-refractivity contribution is 7.92. The Morgan fingerprint density at radius 2 is 1.79 bits per heavy atom. The summed E-state index contributed by atoms with van der Waals surface area (Å²) in [6.45, 7) is 0. The van der Waals surface area contributed by atoms with E-state index in [0.29, 0.717) is 6.07 Å². The molecule has 0 atom stereocenters. The van der Waals surface area contributed by atoms with Crippen LogP contribution in [0.25, 0.3) is 5.52 Å². The van der Waals surface area contributed by atoms with E-state index in [1.165, 1.54) is 24.4 Å². The molecule has 0 amide bonds. The molecule has 0 spiro atoms. The zero-order chi connectivity index (χ0) is 27.4. The van der Waals surface area contributed by atoms with E-state index in [2.05, 4.69) is 14.4 Å². The Bertz CT molecular complexity index is 1930. The number of anilines is 2. The van der Waals surface area contributed by atoms with Crippen LogP contribution in [0.3, 0.4) is 0 Å². The van der Waals surface area contributed by atoms with E-state index in [1.807, 2.05) is 0 Å². The van der Waals surface area contributed by atoms with Gasteiger partial charge in [-0.25, -0.2) is 17.2 Å². The number of nitrogens with one attached hydrogen (secondary N) is 2. The summed E-state index contributed by atoms with van der Waals surface area (Å²) in [6, 6.07) is 11.2. The molecule has 2 aromatic carbocycles. The van der Waals surface area contributed by atoms with E-state index in [0.717, 1.165) is 28.9 Å². The normalized spacial score (nSPS) is 14.4. The lowest BCUT2D eigenvalue weighted by Gasteiger charge is -2.21. The van der Waals surface area contributed by atoms with Crippen molar-refractivity contribution in [1.29, 1.82) is 0 Å². The molecule has 14 heteroatoms. The van der Waals surface area contributed by atoms with Gasteiger partial charge in [0.1, 0.15) is 27.8 Å². The number of hydrogen-bond donors (Lipinski definition) is 3. The maximum atomic E-state index is 13.8. The van der Waals surface area contributed by atoms with Gasteiger partial charge >= 0.3 is 0 Å². The second-order valence-corrected chi connectivity index (χ2v) is 11.9. The minimum atomic E-state index is -4.46. The summed E-state index contributed by atoms with van der Waals surface area (Å²) in [7, 11) is -8.14. The number of halogens is 2. The Morgan fingerprint density at radius 1 is 1.08 bits per heavy atom. The topological polar surface area (TPSA) is 146 Å². The van der Waals surface area contributed by atoms with Crippen molar-refractivity contribution in [2.75, 3.05) is 16.3 Å². The molecular formula is C24H18F2N4O6S2. The third kappa shape index (κ3) is 4.70. The number of hydrogen-bond acceptors (Lipinski definition) is 7. The van der Waals surface area contributed by atoms with Crippen LogP contribution in [0.4, 0.5) is 20.2 Å². The van der Waals surface area contributed by atoms with Gasteiger partial charge < -0.3 is 10.4 Å². The summed E-state index contributed by atoms with van der Waals surface area (Å²) in [5.41, 5.74) is -0.810. The summed E-state index contributed by atoms with van der Waals surface area (Å²) in [4.78, 5) is 13.0. The van der Waals surface area contributed by atoms with Gasteiger partial charge in [-0.15, -0.1) is 4.40 Å². The molecule has 0 radical (unpaired) electrons. The van der Waals surface area contributed by atoms with Crippen molar-refractivity contribution in [1.82, 2.24) is 4.40 Å². The first-order valence-corrected chi connectivity index (χ1v) is 14.2. The lowest BCUT2D eigenvalue weighted by molar-refractivity contribution is 0.467. The van der Waals surface area contributed by atoms with Crippen LogP contribution in [0.2, 0.25) is 0 Å². The SMILES string of the molecule is CS(=O)(=O)Nc1ccc2c(c1)S(=O)(=O)N=C(c1c(O)c(Cc3cc(F)cc(F)c3)c3ccccn3c1=O)N2. The summed E-state index contributed by atoms with van der Waals surface area (Å²) in [6.07, 6.45) is 2.10. The zero-order valence-electron chi connectivity index (χ0n) is 19.4. The number of benzene rings is 2. The minimum Gasteiger partial charge on any atom is -0.507 e. The molecule has 0 unspecified atom stereocenters. The van der Waals surface area contributed by atoms with E-state index in [4.69, 9.17) is 0 Å². The molecule has 0 saturated heterocycles. The molecular weight excluding hydrogens is 542 g/mol. The van der Waals surface area contributed by atoms with Crippen molar-refractivity contribution in [3.05, 3.63) is 99.5 Å². The van der Waals surface area contributed by atoms with E-state index in [9.17, 15) is 35.5 Å². The molecule has 196 valence electrons. The Hall–Kier alpha value is -4.30. The molecule has 3 heterocycles. The van der Waals surface area contributed by atoms with Crippen LogP contribution < -0.4 is 15.6 Å². The molecule has 0 fully saturated rings. The number of pyridine rings is 2. The average Bonchev–Trinajstić information content (AvgIpc) is 2.80. The average molecular weight is 561 g/mol. The highest BCUT2D eigenvalue weighted by Gasteiger charge is 2.30. The van der Waals surface area contributed by atoms with E-state index in [1.54, 1.807) is 12.1 Å². The summed E-state index contributed by atoms with van der Waals surface area (Å²) in [5.74, 6) is -2.76. The van der Waals surface area contributed by atoms with Crippen LogP contribution >= 0.6 is 0 Å². The highest BCUT2D eigenvalue weighted by Crippen LogP contribution is 2.34. The first kappa shape index (κ1) is 25.4. The van der Waals surface area contributed by atoms with Crippen LogP contribution in [0, 0.1) is 11.6 Å². The van der Waals surface area contributed by atoms with Crippen molar-refractivity contribution in [2.45, 2.75) is 11.3 Å². The molecule has 2 aromatic heterocycles. The van der Waals surface area contributed by atoms with Crippen molar-refractivity contribution in [3.63, 3.8) is 0 Å². The summed E-state index contributed by atoms with van der Waals surface area (Å²) < 4.78 is 83.8. The van der Waals surface area contributed by atoms with Gasteiger partial charge in [-0.05, 0) is 48.0 Å².